The smallest absolute Gasteiger partial charge is 0.227 e. The molecule has 0 amide bonds. The van der Waals surface area contributed by atoms with Gasteiger partial charge in [-0.05, 0) is 30.3 Å². The first-order valence-electron chi connectivity index (χ1n) is 6.78. The van der Waals surface area contributed by atoms with Gasteiger partial charge >= 0.3 is 0 Å². The average molecular weight is 272 g/mol. The summed E-state index contributed by atoms with van der Waals surface area (Å²) in [6, 6.07) is 21.7. The van der Waals surface area contributed by atoms with Crippen LogP contribution in [0.15, 0.2) is 77.3 Å². The first kappa shape index (κ1) is 11.9. The highest BCUT2D eigenvalue weighted by Gasteiger charge is 2.13. The summed E-state index contributed by atoms with van der Waals surface area (Å²) in [5.41, 5.74) is 4.54. The third kappa shape index (κ3) is 2.09. The lowest BCUT2D eigenvalue weighted by Crippen LogP contribution is -1.87. The summed E-state index contributed by atoms with van der Waals surface area (Å²) in [6.45, 7) is 0. The molecule has 100 valence electrons. The Morgan fingerprint density at radius 3 is 2.29 bits per heavy atom. The molecule has 0 fully saturated rings. The fourth-order valence-electron chi connectivity index (χ4n) is 2.40. The van der Waals surface area contributed by atoms with Crippen LogP contribution < -0.4 is 0 Å². The van der Waals surface area contributed by atoms with E-state index in [0.29, 0.717) is 5.89 Å². The Morgan fingerprint density at radius 1 is 0.714 bits per heavy atom. The number of rotatable bonds is 2. The summed E-state index contributed by atoms with van der Waals surface area (Å²) >= 11 is 0. The molecule has 2 aromatic carbocycles. The molecule has 0 spiro atoms. The number of fused-ring (bicyclic) bond motifs is 1. The van der Waals surface area contributed by atoms with Gasteiger partial charge in [0.2, 0.25) is 5.89 Å². The Morgan fingerprint density at radius 2 is 1.48 bits per heavy atom. The van der Waals surface area contributed by atoms with Crippen molar-refractivity contribution in [3.05, 3.63) is 72.9 Å². The molecule has 0 saturated carbocycles. The van der Waals surface area contributed by atoms with Gasteiger partial charge in [0.25, 0.3) is 0 Å². The molecule has 4 rings (SSSR count). The maximum absolute atomic E-state index is 5.88. The molecular weight excluding hydrogens is 260 g/mol. The van der Waals surface area contributed by atoms with Crippen molar-refractivity contribution in [3.63, 3.8) is 0 Å². The predicted molar refractivity (Wildman–Crippen MR) is 82.7 cm³/mol. The van der Waals surface area contributed by atoms with Crippen LogP contribution in [0.1, 0.15) is 0 Å². The van der Waals surface area contributed by atoms with Crippen LogP contribution in [0.3, 0.4) is 0 Å². The Hall–Kier alpha value is -2.94. The number of benzene rings is 2. The first-order chi connectivity index (χ1) is 10.4. The third-order valence-corrected chi connectivity index (χ3v) is 3.39. The lowest BCUT2D eigenvalue weighted by molar-refractivity contribution is 0.620. The Kier molecular flexibility index (Phi) is 2.75. The molecule has 21 heavy (non-hydrogen) atoms. The maximum Gasteiger partial charge on any atom is 0.227 e. The van der Waals surface area contributed by atoms with E-state index in [4.69, 9.17) is 4.42 Å². The van der Waals surface area contributed by atoms with Crippen LogP contribution in [-0.2, 0) is 0 Å². The minimum Gasteiger partial charge on any atom is -0.436 e. The average Bonchev–Trinajstić information content (AvgIpc) is 2.99. The number of aromatic nitrogens is 2. The molecule has 0 aliphatic rings. The fraction of sp³-hybridized carbons (Fsp3) is 0. The van der Waals surface area contributed by atoms with Gasteiger partial charge in [0.15, 0.2) is 5.58 Å². The molecule has 3 heteroatoms. The summed E-state index contributed by atoms with van der Waals surface area (Å²) in [5, 5.41) is 0. The van der Waals surface area contributed by atoms with Crippen LogP contribution in [0, 0.1) is 0 Å². The molecule has 0 N–H and O–H groups in total. The molecule has 4 aromatic rings. The normalized spacial score (nSPS) is 10.9. The highest BCUT2D eigenvalue weighted by Crippen LogP contribution is 2.32. The van der Waals surface area contributed by atoms with Crippen LogP contribution in [0.5, 0.6) is 0 Å². The van der Waals surface area contributed by atoms with Gasteiger partial charge in [-0.3, -0.25) is 4.98 Å². The van der Waals surface area contributed by atoms with Crippen LogP contribution in [0.25, 0.3) is 33.8 Å². The summed E-state index contributed by atoms with van der Waals surface area (Å²) in [6.07, 6.45) is 1.79. The molecule has 2 aromatic heterocycles. The molecule has 0 aliphatic heterocycles. The van der Waals surface area contributed by atoms with E-state index in [9.17, 15) is 0 Å². The number of hydrogen-bond donors (Lipinski definition) is 0. The second-order valence-electron chi connectivity index (χ2n) is 4.75. The lowest BCUT2D eigenvalue weighted by Gasteiger charge is -2.05. The van der Waals surface area contributed by atoms with Crippen molar-refractivity contribution in [1.82, 2.24) is 9.97 Å². The molecule has 0 aliphatic carbocycles. The lowest BCUT2D eigenvalue weighted by atomic mass is 10.0. The first-order valence-corrected chi connectivity index (χ1v) is 6.78. The van der Waals surface area contributed by atoms with Crippen LogP contribution in [-0.4, -0.2) is 9.97 Å². The topological polar surface area (TPSA) is 38.9 Å². The molecule has 0 saturated heterocycles. The van der Waals surface area contributed by atoms with E-state index in [0.717, 1.165) is 27.9 Å². The largest absolute Gasteiger partial charge is 0.436 e. The number of oxazole rings is 1. The van der Waals surface area contributed by atoms with Gasteiger partial charge < -0.3 is 4.42 Å². The van der Waals surface area contributed by atoms with E-state index in [2.05, 4.69) is 9.97 Å². The van der Waals surface area contributed by atoms with Gasteiger partial charge in [-0.2, -0.15) is 0 Å². The molecule has 0 unspecified atom stereocenters. The number of nitrogens with zero attached hydrogens (tertiary/aromatic N) is 2. The molecule has 3 nitrogen and oxygen atoms in total. The minimum atomic E-state index is 0.623. The second-order valence-corrected chi connectivity index (χ2v) is 4.75. The van der Waals surface area contributed by atoms with Crippen molar-refractivity contribution < 1.29 is 4.42 Å². The van der Waals surface area contributed by atoms with Crippen molar-refractivity contribution in [3.8, 4) is 22.7 Å². The van der Waals surface area contributed by atoms with Crippen LogP contribution >= 0.6 is 0 Å². The van der Waals surface area contributed by atoms with Crippen LogP contribution in [0.2, 0.25) is 0 Å². The van der Waals surface area contributed by atoms with E-state index >= 15 is 0 Å². The summed E-state index contributed by atoms with van der Waals surface area (Å²) in [4.78, 5) is 8.99. The van der Waals surface area contributed by atoms with E-state index in [-0.39, 0.29) is 0 Å². The van der Waals surface area contributed by atoms with Gasteiger partial charge in [-0.1, -0.05) is 36.4 Å². The minimum absolute atomic E-state index is 0.623. The molecule has 0 bridgehead atoms. The second kappa shape index (κ2) is 4.87. The number of hydrogen-bond acceptors (Lipinski definition) is 3. The number of para-hydroxylation sites is 2. The zero-order chi connectivity index (χ0) is 14.1. The van der Waals surface area contributed by atoms with E-state index in [1.54, 1.807) is 6.20 Å². The fourth-order valence-corrected chi connectivity index (χ4v) is 2.40. The van der Waals surface area contributed by atoms with Gasteiger partial charge in [0.05, 0.1) is 5.69 Å². The van der Waals surface area contributed by atoms with Crippen molar-refractivity contribution in [2.75, 3.05) is 0 Å². The van der Waals surface area contributed by atoms with Gasteiger partial charge in [0, 0.05) is 17.3 Å². The molecule has 0 atom stereocenters. The zero-order valence-electron chi connectivity index (χ0n) is 11.2. The quantitative estimate of drug-likeness (QED) is 0.537. The predicted octanol–water partition coefficient (Wildman–Crippen LogP) is 4.56. The van der Waals surface area contributed by atoms with Gasteiger partial charge in [-0.25, -0.2) is 4.98 Å². The van der Waals surface area contributed by atoms with Crippen LogP contribution in [0.4, 0.5) is 0 Å². The molecule has 0 radical (unpaired) electrons. The Labute approximate surface area is 121 Å². The molecular formula is C18H12N2O. The molecule has 2 heterocycles. The van der Waals surface area contributed by atoms with Crippen molar-refractivity contribution in [1.29, 1.82) is 0 Å². The summed E-state index contributed by atoms with van der Waals surface area (Å²) < 4.78 is 5.88. The Bertz CT molecular complexity index is 864. The highest BCUT2D eigenvalue weighted by molar-refractivity contribution is 5.82. The van der Waals surface area contributed by atoms with Crippen molar-refractivity contribution in [2.45, 2.75) is 0 Å². The maximum atomic E-state index is 5.88. The highest BCUT2D eigenvalue weighted by atomic mass is 16.3. The summed E-state index contributed by atoms with van der Waals surface area (Å²) in [7, 11) is 0. The summed E-state index contributed by atoms with van der Waals surface area (Å²) in [5.74, 6) is 0.623. The zero-order valence-corrected chi connectivity index (χ0v) is 11.2. The van der Waals surface area contributed by atoms with Crippen molar-refractivity contribution >= 4 is 11.1 Å². The third-order valence-electron chi connectivity index (χ3n) is 3.39. The van der Waals surface area contributed by atoms with Gasteiger partial charge in [0.1, 0.15) is 5.52 Å². The van der Waals surface area contributed by atoms with E-state index < -0.39 is 0 Å². The monoisotopic (exact) mass is 272 g/mol. The SMILES string of the molecule is c1ccc(-c2ccccc2-c2nc3ccccc3o2)nc1. The van der Waals surface area contributed by atoms with E-state index in [1.807, 2.05) is 66.7 Å². The Balaban J connectivity index is 1.93. The number of pyridine rings is 1. The van der Waals surface area contributed by atoms with Crippen molar-refractivity contribution in [2.24, 2.45) is 0 Å². The van der Waals surface area contributed by atoms with E-state index in [1.165, 1.54) is 0 Å². The van der Waals surface area contributed by atoms with Gasteiger partial charge in [-0.15, -0.1) is 0 Å². The standard InChI is InChI=1S/C18H12N2O/c1-2-8-14(13(7-1)15-9-5-6-12-19-15)18-20-16-10-3-4-11-17(16)21-18/h1-12H.